The third kappa shape index (κ3) is 11.1. The van der Waals surface area contributed by atoms with E-state index in [2.05, 4.69) is 51.3 Å². The van der Waals surface area contributed by atoms with Crippen molar-refractivity contribution in [1.82, 2.24) is 10.6 Å². The van der Waals surface area contributed by atoms with Crippen LogP contribution in [0.4, 0.5) is 0 Å². The molecule has 3 saturated heterocycles. The Morgan fingerprint density at radius 3 is 2.13 bits per heavy atom. The highest BCUT2D eigenvalue weighted by Crippen LogP contribution is 2.76. The number of amides is 2. The Kier molecular flexibility index (Phi) is 18.4. The van der Waals surface area contributed by atoms with E-state index in [1.165, 1.54) is 6.92 Å². The second kappa shape index (κ2) is 24.0. The van der Waals surface area contributed by atoms with E-state index in [0.717, 1.165) is 30.3 Å². The molecule has 7 fully saturated rings. The second-order valence-electron chi connectivity index (χ2n) is 27.3. The van der Waals surface area contributed by atoms with Gasteiger partial charge in [0.05, 0.1) is 43.0 Å². The van der Waals surface area contributed by atoms with Crippen molar-refractivity contribution >= 4 is 24.1 Å². The summed E-state index contributed by atoms with van der Waals surface area (Å²) in [5.41, 5.74) is -1.38. The summed E-state index contributed by atoms with van der Waals surface area (Å²) in [4.78, 5) is 54.8. The van der Waals surface area contributed by atoms with Crippen LogP contribution in [0.3, 0.4) is 0 Å². The fourth-order valence-electron chi connectivity index (χ4n) is 16.7. The molecule has 12 unspecified atom stereocenters. The van der Waals surface area contributed by atoms with Crippen LogP contribution in [-0.4, -0.2) is 188 Å². The fraction of sp³-hybridized carbons (Fsp3) is 0.803. The lowest BCUT2D eigenvalue weighted by Gasteiger charge is -2.71. The van der Waals surface area contributed by atoms with Gasteiger partial charge in [-0.15, -0.1) is 0 Å². The van der Waals surface area contributed by atoms with E-state index in [-0.39, 0.29) is 53.3 Å². The molecular weight excluding hydrogens is 1060 g/mol. The largest absolute Gasteiger partial charge is 0.432 e. The quantitative estimate of drug-likeness (QED) is 0.0490. The van der Waals surface area contributed by atoms with Gasteiger partial charge in [-0.1, -0.05) is 77.3 Å². The lowest BCUT2D eigenvalue weighted by molar-refractivity contribution is -0.370. The van der Waals surface area contributed by atoms with Crippen LogP contribution in [0.15, 0.2) is 35.9 Å². The number of aliphatic hydroxyl groups excluding tert-OH is 9. The highest BCUT2D eigenvalue weighted by atomic mass is 16.8. The minimum Gasteiger partial charge on any atom is -0.432 e. The predicted octanol–water partition coefficient (Wildman–Crippen LogP) is 2.38. The van der Waals surface area contributed by atoms with Gasteiger partial charge in [0.2, 0.25) is 12.2 Å². The van der Waals surface area contributed by atoms with Crippen LogP contribution in [0, 0.1) is 57.2 Å². The summed E-state index contributed by atoms with van der Waals surface area (Å²) in [7, 11) is 0. The predicted molar refractivity (Wildman–Crippen MR) is 292 cm³/mol. The maximum absolute atomic E-state index is 15.7. The molecule has 11 N–H and O–H groups in total. The SMILES string of the molecule is Cc1ccc(C(=O)NCCCCCC(=O)N[C@H]2C(CO)O[C@@H](OC(=O)[C@]34CCC(C)(C)CC3C3=CCC5C6(C)CC[C@H](O)[C@](C)(C=O)C6CCC5(C)[C@]3(C)C[C@H]4O)C(O[C@@H]3O[C@H](C)[C@H](O[C@@H]4OC[C@@H](O)C(O)C4O)C(O)C3O)C2O)cc1. The third-order valence-electron chi connectivity index (χ3n) is 21.9. The van der Waals surface area contributed by atoms with Crippen molar-refractivity contribution < 1.29 is 93.6 Å². The molecule has 21 nitrogen and oxygen atoms in total. The third-order valence-corrected chi connectivity index (χ3v) is 21.9. The summed E-state index contributed by atoms with van der Waals surface area (Å²) in [6, 6.07) is 5.80. The zero-order valence-corrected chi connectivity index (χ0v) is 48.9. The van der Waals surface area contributed by atoms with E-state index in [9.17, 15) is 60.3 Å². The number of esters is 1. The van der Waals surface area contributed by atoms with Crippen LogP contribution in [0.5, 0.6) is 0 Å². The molecule has 4 saturated carbocycles. The Morgan fingerprint density at radius 2 is 1.44 bits per heavy atom. The lowest BCUT2D eigenvalue weighted by atomic mass is 9.33. The summed E-state index contributed by atoms with van der Waals surface area (Å²) < 4.78 is 36.5. The number of aryl methyl sites for hydroxylation is 1. The highest BCUT2D eigenvalue weighted by molar-refractivity contribution is 5.94. The van der Waals surface area contributed by atoms with Gasteiger partial charge in [0.15, 0.2) is 18.7 Å². The summed E-state index contributed by atoms with van der Waals surface area (Å²) >= 11 is 0. The summed E-state index contributed by atoms with van der Waals surface area (Å²) in [5.74, 6) is -2.05. The molecule has 1 aromatic carbocycles. The standard InChI is InChI=1S/C61H92N2O19/c1-31-13-15-33(16-14-31)51(75)62-25-11-9-10-12-42(69)63-43-37(28-64)79-54(50(45(43)71)81-53-48(74)46(72)49(32(2)78-53)80-52-47(73)44(70)36(66)29-77-52)82-55(76)61-24-23-56(3,4)26-35(61)34-17-18-39-57(5)21-20-40(67)58(6,30-65)38(57)19-22-59(39,7)60(34,8)27-41(61)68/h13-17,30,32,35-41,43-50,52-54,64,66-68,70-74H,9-12,18-29H2,1-8H3,(H,62,75)(H,63,69)/t32-,35?,36-,37?,38?,39?,40+,41-,43+,44?,45?,46?,47?,48?,49+,50?,52+,53+,54+,57?,58-,59?,60-,61-/m1/s1. The fourth-order valence-corrected chi connectivity index (χ4v) is 16.7. The van der Waals surface area contributed by atoms with Gasteiger partial charge in [0.25, 0.3) is 5.91 Å². The van der Waals surface area contributed by atoms with Crippen molar-refractivity contribution in [1.29, 1.82) is 0 Å². The molecule has 3 heterocycles. The number of ether oxygens (including phenoxy) is 6. The average Bonchev–Trinajstić information content (AvgIpc) is 0.729. The van der Waals surface area contributed by atoms with Gasteiger partial charge in [0, 0.05) is 18.5 Å². The zero-order valence-electron chi connectivity index (χ0n) is 48.9. The number of allylic oxidation sites excluding steroid dienone is 2. The van der Waals surface area contributed by atoms with Crippen LogP contribution in [0.25, 0.3) is 0 Å². The van der Waals surface area contributed by atoms with Gasteiger partial charge in [-0.05, 0) is 136 Å². The second-order valence-corrected chi connectivity index (χ2v) is 27.3. The van der Waals surface area contributed by atoms with Gasteiger partial charge >= 0.3 is 5.97 Å². The van der Waals surface area contributed by atoms with Crippen molar-refractivity contribution in [3.05, 3.63) is 47.0 Å². The number of benzene rings is 1. The number of nitrogens with one attached hydrogen (secondary N) is 2. The minimum absolute atomic E-state index is 0.0179. The molecule has 0 radical (unpaired) electrons. The van der Waals surface area contributed by atoms with Crippen LogP contribution in [0.1, 0.15) is 148 Å². The van der Waals surface area contributed by atoms with Gasteiger partial charge in [-0.3, -0.25) is 14.4 Å². The molecule has 5 aliphatic carbocycles. The van der Waals surface area contributed by atoms with Crippen LogP contribution in [0.2, 0.25) is 0 Å². The van der Waals surface area contributed by atoms with Crippen molar-refractivity contribution in [3.8, 4) is 0 Å². The first kappa shape index (κ1) is 63.0. The van der Waals surface area contributed by atoms with Crippen molar-refractivity contribution in [2.45, 2.75) is 237 Å². The number of unbranched alkanes of at least 4 members (excludes halogenated alkanes) is 2. The van der Waals surface area contributed by atoms with Gasteiger partial charge in [0.1, 0.15) is 60.5 Å². The summed E-state index contributed by atoms with van der Waals surface area (Å²) in [6.07, 6.45) is -13.8. The molecular formula is C61H92N2O19. The normalized spacial score (nSPS) is 46.1. The molecule has 0 spiro atoms. The smallest absolute Gasteiger partial charge is 0.317 e. The number of carbonyl (C=O) groups excluding carboxylic acids is 4. The summed E-state index contributed by atoms with van der Waals surface area (Å²) in [5, 5.41) is 107. The van der Waals surface area contributed by atoms with Gasteiger partial charge in [-0.25, -0.2) is 0 Å². The van der Waals surface area contributed by atoms with E-state index >= 15 is 4.79 Å². The first-order chi connectivity index (χ1) is 38.6. The number of rotatable bonds is 16. The highest BCUT2D eigenvalue weighted by Gasteiger charge is 2.72. The van der Waals surface area contributed by atoms with Gasteiger partial charge in [-0.2, -0.15) is 0 Å². The molecule has 82 heavy (non-hydrogen) atoms. The average molecular weight is 1160 g/mol. The Morgan fingerprint density at radius 1 is 0.744 bits per heavy atom. The van der Waals surface area contributed by atoms with Gasteiger partial charge < -0.3 is 89.8 Å². The zero-order chi connectivity index (χ0) is 59.6. The molecule has 460 valence electrons. The molecule has 2 amide bonds. The number of carbonyl (C=O) groups is 4. The number of aliphatic hydroxyl groups is 9. The number of hydrogen-bond donors (Lipinski definition) is 11. The van der Waals surface area contributed by atoms with Crippen LogP contribution >= 0.6 is 0 Å². The molecule has 24 atom stereocenters. The molecule has 8 aliphatic rings. The Balaban J connectivity index is 0.963. The molecule has 3 aliphatic heterocycles. The van der Waals surface area contributed by atoms with Crippen molar-refractivity contribution in [2.75, 3.05) is 19.8 Å². The van der Waals surface area contributed by atoms with E-state index < -0.39 is 145 Å². The maximum atomic E-state index is 15.7. The van der Waals surface area contributed by atoms with Crippen LogP contribution < -0.4 is 10.6 Å². The van der Waals surface area contributed by atoms with E-state index in [0.29, 0.717) is 63.5 Å². The molecule has 1 aromatic rings. The number of hydrogen-bond acceptors (Lipinski definition) is 19. The van der Waals surface area contributed by atoms with Crippen LogP contribution in [-0.2, 0) is 42.8 Å². The first-order valence-corrected chi connectivity index (χ1v) is 29.9. The Bertz CT molecular complexity index is 2500. The number of fused-ring (bicyclic) bond motifs is 7. The van der Waals surface area contributed by atoms with E-state index in [4.69, 9.17) is 28.4 Å². The van der Waals surface area contributed by atoms with Crippen molar-refractivity contribution in [3.63, 3.8) is 0 Å². The first-order valence-electron chi connectivity index (χ1n) is 29.9. The van der Waals surface area contributed by atoms with Crippen molar-refractivity contribution in [2.24, 2.45) is 50.2 Å². The minimum atomic E-state index is -1.96. The molecule has 0 aromatic heterocycles. The topological polar surface area (TPSA) is 330 Å². The lowest BCUT2D eigenvalue weighted by Crippen LogP contribution is -2.69. The van der Waals surface area contributed by atoms with E-state index in [1.54, 1.807) is 12.1 Å². The molecule has 0 bridgehead atoms. The summed E-state index contributed by atoms with van der Waals surface area (Å²) in [6.45, 7) is 15.5. The Labute approximate surface area is 480 Å². The monoisotopic (exact) mass is 1160 g/mol. The molecule has 9 rings (SSSR count). The van der Waals surface area contributed by atoms with E-state index in [1.807, 2.05) is 26.0 Å². The number of aldehydes is 1. The molecule has 21 heteroatoms. The Hall–Kier alpha value is -3.52. The maximum Gasteiger partial charge on any atom is 0.317 e.